The van der Waals surface area contributed by atoms with Gasteiger partial charge in [-0.15, -0.1) is 0 Å². The first-order valence-electron chi connectivity index (χ1n) is 9.26. The molecule has 6 nitrogen and oxygen atoms in total. The molecule has 0 saturated heterocycles. The molecule has 3 N–H and O–H groups in total. The van der Waals surface area contributed by atoms with Gasteiger partial charge >= 0.3 is 0 Å². The zero-order valence-corrected chi connectivity index (χ0v) is 16.4. The average molecular weight is 416 g/mol. The van der Waals surface area contributed by atoms with E-state index < -0.39 is 11.7 Å². The van der Waals surface area contributed by atoms with Crippen LogP contribution < -0.4 is 15.9 Å². The number of methoxy groups -OCH3 is 1. The van der Waals surface area contributed by atoms with Gasteiger partial charge in [-0.3, -0.25) is 14.6 Å². The Kier molecular flexibility index (Phi) is 5.00. The number of rotatable bonds is 4. The van der Waals surface area contributed by atoms with Crippen LogP contribution in [-0.2, 0) is 0 Å². The van der Waals surface area contributed by atoms with Crippen molar-refractivity contribution in [2.45, 2.75) is 31.1 Å². The Morgan fingerprint density at radius 3 is 2.79 bits per heavy atom. The van der Waals surface area contributed by atoms with Gasteiger partial charge in [-0.1, -0.05) is 24.1 Å². The highest BCUT2D eigenvalue weighted by Crippen LogP contribution is 2.49. The van der Waals surface area contributed by atoms with E-state index in [0.717, 1.165) is 30.5 Å². The number of H-pyrrole nitrogens is 1. The van der Waals surface area contributed by atoms with Crippen LogP contribution in [0.5, 0.6) is 5.75 Å². The maximum absolute atomic E-state index is 13.9. The van der Waals surface area contributed by atoms with Crippen LogP contribution in [0.4, 0.5) is 4.39 Å². The van der Waals surface area contributed by atoms with Gasteiger partial charge in [0.15, 0.2) is 5.43 Å². The van der Waals surface area contributed by atoms with Gasteiger partial charge < -0.3 is 15.5 Å². The molecule has 0 radical (unpaired) electrons. The summed E-state index contributed by atoms with van der Waals surface area (Å²) in [5.74, 6) is -0.959. The third-order valence-corrected chi connectivity index (χ3v) is 5.95. The Morgan fingerprint density at radius 2 is 2.07 bits per heavy atom. The minimum atomic E-state index is -0.752. The van der Waals surface area contributed by atoms with E-state index >= 15 is 0 Å². The monoisotopic (exact) mass is 415 g/mol. The number of benzene rings is 1. The molecule has 0 aliphatic heterocycles. The second-order valence-corrected chi connectivity index (χ2v) is 7.54. The van der Waals surface area contributed by atoms with Crippen molar-refractivity contribution in [1.29, 1.82) is 0 Å². The number of fused-ring (bicyclic) bond motifs is 1. The van der Waals surface area contributed by atoms with E-state index in [9.17, 15) is 14.0 Å². The molecule has 1 saturated carbocycles. The molecule has 1 aliphatic carbocycles. The molecule has 1 aliphatic rings. The lowest BCUT2D eigenvalue weighted by atomic mass is 9.85. The molecule has 150 valence electrons. The second kappa shape index (κ2) is 7.48. The smallest absolute Gasteiger partial charge is 0.268 e. The van der Waals surface area contributed by atoms with Gasteiger partial charge in [0.05, 0.1) is 18.0 Å². The fourth-order valence-corrected chi connectivity index (χ4v) is 4.61. The van der Waals surface area contributed by atoms with Crippen LogP contribution in [-0.4, -0.2) is 23.0 Å². The number of ether oxygens (including phenoxy) is 1. The summed E-state index contributed by atoms with van der Waals surface area (Å²) in [6.45, 7) is 0. The minimum Gasteiger partial charge on any atom is -0.495 e. The summed E-state index contributed by atoms with van der Waals surface area (Å²) < 4.78 is 19.3. The molecule has 1 amide bonds. The first-order chi connectivity index (χ1) is 13.9. The van der Waals surface area contributed by atoms with Crippen molar-refractivity contribution in [2.24, 2.45) is 5.73 Å². The topological polar surface area (TPSA) is 98.1 Å². The minimum absolute atomic E-state index is 0.00674. The summed E-state index contributed by atoms with van der Waals surface area (Å²) in [5, 5.41) is 0.139. The Labute approximate surface area is 170 Å². The van der Waals surface area contributed by atoms with Crippen LogP contribution in [0.1, 0.15) is 52.8 Å². The summed E-state index contributed by atoms with van der Waals surface area (Å²) in [4.78, 5) is 31.6. The highest BCUT2D eigenvalue weighted by atomic mass is 35.5. The van der Waals surface area contributed by atoms with Crippen LogP contribution in [0.2, 0.25) is 5.02 Å². The Balaban J connectivity index is 1.83. The number of aromatic nitrogens is 2. The molecule has 0 bridgehead atoms. The number of aromatic amines is 1. The lowest BCUT2D eigenvalue weighted by Crippen LogP contribution is -2.19. The maximum atomic E-state index is 13.9. The quantitative estimate of drug-likeness (QED) is 0.675. The number of pyridine rings is 2. The van der Waals surface area contributed by atoms with E-state index in [4.69, 9.17) is 22.1 Å². The first kappa shape index (κ1) is 19.4. The number of hydrogen-bond acceptors (Lipinski definition) is 4. The number of nitrogens with two attached hydrogens (primary N) is 1. The molecule has 1 aromatic carbocycles. The highest BCUT2D eigenvalue weighted by molar-refractivity contribution is 6.32. The summed E-state index contributed by atoms with van der Waals surface area (Å²) in [6.07, 6.45) is 4.08. The van der Waals surface area contributed by atoms with Crippen LogP contribution in [0, 0.1) is 5.82 Å². The van der Waals surface area contributed by atoms with E-state index in [1.165, 1.54) is 25.4 Å². The average Bonchev–Trinajstić information content (AvgIpc) is 3.18. The number of amides is 1. The van der Waals surface area contributed by atoms with Crippen molar-refractivity contribution in [3.8, 4) is 5.75 Å². The second-order valence-electron chi connectivity index (χ2n) is 7.16. The number of nitrogens with one attached hydrogen (secondary N) is 1. The van der Waals surface area contributed by atoms with Crippen LogP contribution >= 0.6 is 11.6 Å². The number of carbonyl (C=O) groups excluding carboxylic acids is 1. The van der Waals surface area contributed by atoms with Gasteiger partial charge in [-0.05, 0) is 36.5 Å². The van der Waals surface area contributed by atoms with Gasteiger partial charge in [0, 0.05) is 23.9 Å². The molecule has 2 heterocycles. The summed E-state index contributed by atoms with van der Waals surface area (Å²) in [7, 11) is 1.46. The molecule has 2 aromatic heterocycles. The number of hydrogen-bond donors (Lipinski definition) is 2. The predicted octanol–water partition coefficient (Wildman–Crippen LogP) is 3.87. The molecule has 1 fully saturated rings. The number of nitrogens with zero attached hydrogens (tertiary/aromatic N) is 1. The zero-order valence-electron chi connectivity index (χ0n) is 15.7. The Hall–Kier alpha value is -2.93. The maximum Gasteiger partial charge on any atom is 0.268 e. The first-order valence-corrected chi connectivity index (χ1v) is 9.63. The largest absolute Gasteiger partial charge is 0.495 e. The fraction of sp³-hybridized carbons (Fsp3) is 0.286. The van der Waals surface area contributed by atoms with Crippen LogP contribution in [0.15, 0.2) is 35.3 Å². The summed E-state index contributed by atoms with van der Waals surface area (Å²) >= 11 is 6.11. The molecular weight excluding hydrogens is 397 g/mol. The fourth-order valence-electron chi connectivity index (χ4n) is 4.36. The molecule has 29 heavy (non-hydrogen) atoms. The normalized spacial score (nSPS) is 18.9. The van der Waals surface area contributed by atoms with Gasteiger partial charge in [0.25, 0.3) is 5.91 Å². The van der Waals surface area contributed by atoms with E-state index in [1.807, 2.05) is 0 Å². The summed E-state index contributed by atoms with van der Waals surface area (Å²) in [6, 6.07) is 6.17. The number of carbonyl (C=O) groups is 1. The molecule has 0 spiro atoms. The van der Waals surface area contributed by atoms with Crippen molar-refractivity contribution in [3.05, 3.63) is 68.5 Å². The Bertz CT molecular complexity index is 1180. The predicted molar refractivity (Wildman–Crippen MR) is 108 cm³/mol. The standard InChI is InChI=1S/C21H19ClFN3O3/c1-29-20-12(5-6-13(23)18(20)22)10-3-2-4-11(10)15-9-16(27)17-14(26-15)7-8-25-19(17)21(24)28/h5-11H,2-4H2,1H3,(H2,24,28)(H,26,27). The molecule has 8 heteroatoms. The molecule has 3 aromatic rings. The van der Waals surface area contributed by atoms with Gasteiger partial charge in [0.2, 0.25) is 0 Å². The third kappa shape index (κ3) is 3.25. The molecule has 2 atom stereocenters. The van der Waals surface area contributed by atoms with Crippen LogP contribution in [0.3, 0.4) is 0 Å². The molecular formula is C21H19ClFN3O3. The van der Waals surface area contributed by atoms with Crippen molar-refractivity contribution >= 4 is 28.4 Å². The Morgan fingerprint density at radius 1 is 1.31 bits per heavy atom. The highest BCUT2D eigenvalue weighted by Gasteiger charge is 2.34. The number of halogens is 2. The van der Waals surface area contributed by atoms with Crippen LogP contribution in [0.25, 0.3) is 10.9 Å². The molecule has 2 unspecified atom stereocenters. The number of primary amides is 1. The van der Waals surface area contributed by atoms with Crippen molar-refractivity contribution < 1.29 is 13.9 Å². The SMILES string of the molecule is COc1c(C2CCCC2c2cc(=O)c3c(C(N)=O)nccc3[nH]2)ccc(F)c1Cl. The lowest BCUT2D eigenvalue weighted by molar-refractivity contribution is 0.0997. The molecule has 4 rings (SSSR count). The van der Waals surface area contributed by atoms with Crippen molar-refractivity contribution in [3.63, 3.8) is 0 Å². The van der Waals surface area contributed by atoms with Crippen molar-refractivity contribution in [1.82, 2.24) is 9.97 Å². The van der Waals surface area contributed by atoms with E-state index in [0.29, 0.717) is 11.3 Å². The third-order valence-electron chi connectivity index (χ3n) is 5.60. The summed E-state index contributed by atoms with van der Waals surface area (Å²) in [5.41, 5.74) is 7.05. The lowest BCUT2D eigenvalue weighted by Gasteiger charge is -2.23. The van der Waals surface area contributed by atoms with Crippen molar-refractivity contribution in [2.75, 3.05) is 7.11 Å². The van der Waals surface area contributed by atoms with E-state index in [1.54, 1.807) is 12.1 Å². The van der Waals surface area contributed by atoms with Gasteiger partial charge in [-0.25, -0.2) is 4.39 Å². The van der Waals surface area contributed by atoms with E-state index in [-0.39, 0.29) is 33.4 Å². The van der Waals surface area contributed by atoms with Gasteiger partial charge in [0.1, 0.15) is 22.3 Å². The zero-order chi connectivity index (χ0) is 20.7. The van der Waals surface area contributed by atoms with E-state index in [2.05, 4.69) is 9.97 Å². The van der Waals surface area contributed by atoms with Gasteiger partial charge in [-0.2, -0.15) is 0 Å².